The number of Topliss-reactive ketones (excluding diaryl/α,β-unsaturated/α-hetero) is 1. The van der Waals surface area contributed by atoms with Gasteiger partial charge in [-0.15, -0.1) is 0 Å². The van der Waals surface area contributed by atoms with Crippen molar-refractivity contribution in [3.63, 3.8) is 0 Å². The van der Waals surface area contributed by atoms with Crippen molar-refractivity contribution in [2.45, 2.75) is 76.7 Å². The standard InChI is InChI=1S/C23H30O4/c24-19(15-7-13-17-9-3-1-4-10-17)21-22(25)20(27-23(21)26)16-8-14-18-11-5-2-6-12-18/h2,5-6,11-12,17,20,25H,1,3-4,7-10,13-16H2. The molecular weight excluding hydrogens is 340 g/mol. The van der Waals surface area contributed by atoms with Crippen LogP contribution in [0.15, 0.2) is 41.7 Å². The number of hydrogen-bond acceptors (Lipinski definition) is 4. The van der Waals surface area contributed by atoms with Crippen LogP contribution in [0.2, 0.25) is 0 Å². The van der Waals surface area contributed by atoms with Gasteiger partial charge in [0.2, 0.25) is 0 Å². The zero-order valence-corrected chi connectivity index (χ0v) is 16.0. The van der Waals surface area contributed by atoms with Gasteiger partial charge < -0.3 is 9.84 Å². The third-order valence-electron chi connectivity index (χ3n) is 5.81. The lowest BCUT2D eigenvalue weighted by Gasteiger charge is -2.20. The van der Waals surface area contributed by atoms with Crippen LogP contribution in [0, 0.1) is 5.92 Å². The van der Waals surface area contributed by atoms with Gasteiger partial charge >= 0.3 is 5.97 Å². The van der Waals surface area contributed by atoms with Gasteiger partial charge in [-0.05, 0) is 37.2 Å². The van der Waals surface area contributed by atoms with E-state index in [2.05, 4.69) is 12.1 Å². The second-order valence-corrected chi connectivity index (χ2v) is 7.85. The highest BCUT2D eigenvalue weighted by Gasteiger charge is 2.37. The fourth-order valence-electron chi connectivity index (χ4n) is 4.25. The van der Waals surface area contributed by atoms with Crippen molar-refractivity contribution in [1.82, 2.24) is 0 Å². The molecule has 1 aliphatic heterocycles. The van der Waals surface area contributed by atoms with Crippen LogP contribution < -0.4 is 0 Å². The Labute approximate surface area is 161 Å². The van der Waals surface area contributed by atoms with Crippen molar-refractivity contribution < 1.29 is 19.4 Å². The Hall–Kier alpha value is -2.10. The van der Waals surface area contributed by atoms with E-state index in [4.69, 9.17) is 4.74 Å². The molecule has 1 N–H and O–H groups in total. The van der Waals surface area contributed by atoms with Gasteiger partial charge in [0.1, 0.15) is 5.57 Å². The summed E-state index contributed by atoms with van der Waals surface area (Å²) < 4.78 is 5.26. The summed E-state index contributed by atoms with van der Waals surface area (Å²) >= 11 is 0. The zero-order chi connectivity index (χ0) is 19.1. The van der Waals surface area contributed by atoms with Gasteiger partial charge in [-0.3, -0.25) is 4.79 Å². The van der Waals surface area contributed by atoms with Gasteiger partial charge in [0, 0.05) is 6.42 Å². The number of carbonyl (C=O) groups is 2. The van der Waals surface area contributed by atoms with Crippen LogP contribution in [0.25, 0.3) is 0 Å². The molecule has 146 valence electrons. The van der Waals surface area contributed by atoms with Crippen molar-refractivity contribution >= 4 is 11.8 Å². The number of ether oxygens (including phenoxy) is 1. The highest BCUT2D eigenvalue weighted by molar-refractivity contribution is 6.19. The van der Waals surface area contributed by atoms with Crippen molar-refractivity contribution in [2.75, 3.05) is 0 Å². The van der Waals surface area contributed by atoms with E-state index in [0.29, 0.717) is 12.8 Å². The smallest absolute Gasteiger partial charge is 0.346 e. The molecule has 0 amide bonds. The molecule has 0 spiro atoms. The molecule has 1 fully saturated rings. The summed E-state index contributed by atoms with van der Waals surface area (Å²) in [6.45, 7) is 0. The topological polar surface area (TPSA) is 63.6 Å². The minimum Gasteiger partial charge on any atom is -0.507 e. The molecule has 1 aliphatic carbocycles. The number of ketones is 1. The van der Waals surface area contributed by atoms with Crippen LogP contribution in [0.4, 0.5) is 0 Å². The van der Waals surface area contributed by atoms with Gasteiger partial charge in [0.05, 0.1) is 0 Å². The molecule has 4 nitrogen and oxygen atoms in total. The minimum absolute atomic E-state index is 0.108. The van der Waals surface area contributed by atoms with Crippen LogP contribution in [0.5, 0.6) is 0 Å². The number of aliphatic hydroxyl groups is 1. The van der Waals surface area contributed by atoms with Gasteiger partial charge in [-0.25, -0.2) is 4.79 Å². The number of rotatable bonds is 9. The Bertz CT molecular complexity index is 671. The predicted molar refractivity (Wildman–Crippen MR) is 104 cm³/mol. The van der Waals surface area contributed by atoms with Crippen molar-refractivity contribution in [3.05, 3.63) is 47.2 Å². The Morgan fingerprint density at radius 3 is 2.52 bits per heavy atom. The number of cyclic esters (lactones) is 1. The molecule has 1 unspecified atom stereocenters. The van der Waals surface area contributed by atoms with Crippen LogP contribution in [0.3, 0.4) is 0 Å². The van der Waals surface area contributed by atoms with Crippen molar-refractivity contribution in [3.8, 4) is 0 Å². The maximum absolute atomic E-state index is 12.4. The first-order valence-electron chi connectivity index (χ1n) is 10.4. The number of aliphatic hydroxyl groups excluding tert-OH is 1. The molecule has 1 atom stereocenters. The average Bonchev–Trinajstić information content (AvgIpc) is 2.97. The number of hydrogen-bond donors (Lipinski definition) is 1. The molecule has 3 rings (SSSR count). The molecule has 1 heterocycles. The lowest BCUT2D eigenvalue weighted by atomic mass is 9.85. The van der Waals surface area contributed by atoms with Crippen LogP contribution in [-0.2, 0) is 20.7 Å². The second kappa shape index (κ2) is 9.72. The van der Waals surface area contributed by atoms with E-state index >= 15 is 0 Å². The van der Waals surface area contributed by atoms with E-state index in [1.54, 1.807) is 0 Å². The van der Waals surface area contributed by atoms with Crippen LogP contribution in [-0.4, -0.2) is 23.0 Å². The molecule has 0 bridgehead atoms. The lowest BCUT2D eigenvalue weighted by molar-refractivity contribution is -0.141. The normalized spacial score (nSPS) is 20.7. The number of aryl methyl sites for hydroxylation is 1. The summed E-state index contributed by atoms with van der Waals surface area (Å²) in [4.78, 5) is 24.5. The molecule has 1 saturated carbocycles. The number of carbonyl (C=O) groups excluding carboxylic acids is 2. The molecule has 4 heteroatoms. The Morgan fingerprint density at radius 1 is 1.04 bits per heavy atom. The van der Waals surface area contributed by atoms with Crippen LogP contribution >= 0.6 is 0 Å². The van der Waals surface area contributed by atoms with Gasteiger partial charge in [0.15, 0.2) is 17.6 Å². The summed E-state index contributed by atoms with van der Waals surface area (Å²) in [5, 5.41) is 10.3. The summed E-state index contributed by atoms with van der Waals surface area (Å²) in [5.41, 5.74) is 1.10. The maximum atomic E-state index is 12.4. The summed E-state index contributed by atoms with van der Waals surface area (Å²) in [6.07, 6.45) is 10.1. The monoisotopic (exact) mass is 370 g/mol. The molecule has 0 saturated heterocycles. The summed E-state index contributed by atoms with van der Waals surface area (Å²) in [6, 6.07) is 10.1. The van der Waals surface area contributed by atoms with Gasteiger partial charge in [-0.2, -0.15) is 0 Å². The third kappa shape index (κ3) is 5.44. The first-order chi connectivity index (χ1) is 13.1. The highest BCUT2D eigenvalue weighted by atomic mass is 16.6. The SMILES string of the molecule is O=C(CCCC1CCCCC1)C1=C(O)C(CCCc2ccccc2)OC1=O. The summed E-state index contributed by atoms with van der Waals surface area (Å²) in [5.74, 6) is -0.357. The Morgan fingerprint density at radius 2 is 1.78 bits per heavy atom. The van der Waals surface area contributed by atoms with E-state index in [1.807, 2.05) is 18.2 Å². The third-order valence-corrected chi connectivity index (χ3v) is 5.81. The molecule has 2 aliphatic rings. The highest BCUT2D eigenvalue weighted by Crippen LogP contribution is 2.29. The first-order valence-corrected chi connectivity index (χ1v) is 10.4. The maximum Gasteiger partial charge on any atom is 0.346 e. The molecule has 0 aromatic heterocycles. The number of benzene rings is 1. The minimum atomic E-state index is -0.668. The molecule has 1 aromatic rings. The average molecular weight is 370 g/mol. The van der Waals surface area contributed by atoms with Gasteiger partial charge in [-0.1, -0.05) is 68.9 Å². The van der Waals surface area contributed by atoms with E-state index < -0.39 is 12.1 Å². The lowest BCUT2D eigenvalue weighted by Crippen LogP contribution is -2.13. The molecule has 27 heavy (non-hydrogen) atoms. The van der Waals surface area contributed by atoms with Crippen LogP contribution in [0.1, 0.15) is 69.8 Å². The molecule has 1 aromatic carbocycles. The molecular formula is C23H30O4. The predicted octanol–water partition coefficient (Wildman–Crippen LogP) is 5.07. The fraction of sp³-hybridized carbons (Fsp3) is 0.565. The Kier molecular flexibility index (Phi) is 7.08. The van der Waals surface area contributed by atoms with E-state index in [9.17, 15) is 14.7 Å². The zero-order valence-electron chi connectivity index (χ0n) is 16.0. The van der Waals surface area contributed by atoms with Crippen molar-refractivity contribution in [2.24, 2.45) is 5.92 Å². The Balaban J connectivity index is 1.46. The fourth-order valence-corrected chi connectivity index (χ4v) is 4.25. The largest absolute Gasteiger partial charge is 0.507 e. The quantitative estimate of drug-likeness (QED) is 0.487. The van der Waals surface area contributed by atoms with E-state index in [-0.39, 0.29) is 17.1 Å². The first kappa shape index (κ1) is 19.7. The second-order valence-electron chi connectivity index (χ2n) is 7.85. The van der Waals surface area contributed by atoms with E-state index in [0.717, 1.165) is 31.6 Å². The van der Waals surface area contributed by atoms with E-state index in [1.165, 1.54) is 37.7 Å². The van der Waals surface area contributed by atoms with Crippen molar-refractivity contribution in [1.29, 1.82) is 0 Å². The summed E-state index contributed by atoms with van der Waals surface area (Å²) in [7, 11) is 0. The molecule has 0 radical (unpaired) electrons. The van der Waals surface area contributed by atoms with Gasteiger partial charge in [0.25, 0.3) is 0 Å². The number of esters is 1.